The molecule has 2 fully saturated rings. The Bertz CT molecular complexity index is 403. The molecule has 2 heterocycles. The molecular formula is C17H26N2O. The Kier molecular flexibility index (Phi) is 4.58. The lowest BCUT2D eigenvalue weighted by molar-refractivity contribution is 0.153. The maximum atomic E-state index is 5.50. The number of rotatable bonds is 4. The molecule has 1 aromatic rings. The number of para-hydroxylation sites is 1. The summed E-state index contributed by atoms with van der Waals surface area (Å²) in [6.45, 7) is 5.46. The quantitative estimate of drug-likeness (QED) is 0.839. The van der Waals surface area contributed by atoms with Gasteiger partial charge in [-0.1, -0.05) is 18.2 Å². The van der Waals surface area contributed by atoms with Crippen LogP contribution in [-0.4, -0.2) is 50.8 Å². The molecule has 0 unspecified atom stereocenters. The third-order valence-corrected chi connectivity index (χ3v) is 4.71. The van der Waals surface area contributed by atoms with Gasteiger partial charge in [-0.3, -0.25) is 0 Å². The number of benzene rings is 1. The Morgan fingerprint density at radius 2 is 2.10 bits per heavy atom. The molecule has 3 nitrogen and oxygen atoms in total. The van der Waals surface area contributed by atoms with Crippen LogP contribution in [0.2, 0.25) is 0 Å². The van der Waals surface area contributed by atoms with E-state index in [1.54, 1.807) is 0 Å². The van der Waals surface area contributed by atoms with Crippen molar-refractivity contribution in [1.82, 2.24) is 4.90 Å². The molecule has 0 radical (unpaired) electrons. The van der Waals surface area contributed by atoms with E-state index < -0.39 is 0 Å². The van der Waals surface area contributed by atoms with E-state index in [2.05, 4.69) is 47.2 Å². The SMILES string of the molecule is CN(C[C@H]1CCOC1)[C@H]1CCCN(c2ccccc2)C1. The Morgan fingerprint density at radius 1 is 1.25 bits per heavy atom. The number of hydrogen-bond acceptors (Lipinski definition) is 3. The molecule has 3 heteroatoms. The molecule has 0 spiro atoms. The van der Waals surface area contributed by atoms with Gasteiger partial charge in [0, 0.05) is 38.0 Å². The first-order valence-corrected chi connectivity index (χ1v) is 7.91. The predicted molar refractivity (Wildman–Crippen MR) is 83.2 cm³/mol. The maximum Gasteiger partial charge on any atom is 0.0507 e. The van der Waals surface area contributed by atoms with E-state index in [0.717, 1.165) is 25.7 Å². The first kappa shape index (κ1) is 13.9. The zero-order valence-electron chi connectivity index (χ0n) is 12.5. The normalized spacial score (nSPS) is 27.2. The molecule has 2 aliphatic heterocycles. The van der Waals surface area contributed by atoms with Gasteiger partial charge in [-0.2, -0.15) is 0 Å². The highest BCUT2D eigenvalue weighted by Gasteiger charge is 2.26. The fourth-order valence-electron chi connectivity index (χ4n) is 3.47. The summed E-state index contributed by atoms with van der Waals surface area (Å²) in [5.41, 5.74) is 1.37. The van der Waals surface area contributed by atoms with E-state index in [1.165, 1.54) is 38.0 Å². The third-order valence-electron chi connectivity index (χ3n) is 4.71. The van der Waals surface area contributed by atoms with Crippen molar-refractivity contribution < 1.29 is 4.74 Å². The van der Waals surface area contributed by atoms with Crippen LogP contribution in [0.5, 0.6) is 0 Å². The van der Waals surface area contributed by atoms with Gasteiger partial charge in [0.25, 0.3) is 0 Å². The fraction of sp³-hybridized carbons (Fsp3) is 0.647. The van der Waals surface area contributed by atoms with E-state index in [1.807, 2.05) is 0 Å². The second kappa shape index (κ2) is 6.59. The van der Waals surface area contributed by atoms with Crippen molar-refractivity contribution in [3.63, 3.8) is 0 Å². The van der Waals surface area contributed by atoms with Gasteiger partial charge in [0.2, 0.25) is 0 Å². The molecule has 2 aliphatic rings. The van der Waals surface area contributed by atoms with Crippen molar-refractivity contribution in [1.29, 1.82) is 0 Å². The second-order valence-corrected chi connectivity index (χ2v) is 6.25. The molecule has 0 N–H and O–H groups in total. The minimum absolute atomic E-state index is 0.685. The maximum absolute atomic E-state index is 5.50. The minimum Gasteiger partial charge on any atom is -0.381 e. The lowest BCUT2D eigenvalue weighted by atomic mass is 10.0. The molecule has 2 atom stereocenters. The van der Waals surface area contributed by atoms with Crippen molar-refractivity contribution >= 4 is 5.69 Å². The van der Waals surface area contributed by atoms with Gasteiger partial charge in [-0.05, 0) is 44.4 Å². The molecule has 20 heavy (non-hydrogen) atoms. The van der Waals surface area contributed by atoms with Gasteiger partial charge in [0.1, 0.15) is 0 Å². The zero-order valence-corrected chi connectivity index (χ0v) is 12.5. The van der Waals surface area contributed by atoms with E-state index >= 15 is 0 Å². The molecule has 3 rings (SSSR count). The number of nitrogens with zero attached hydrogens (tertiary/aromatic N) is 2. The summed E-state index contributed by atoms with van der Waals surface area (Å²) in [5.74, 6) is 0.743. The topological polar surface area (TPSA) is 15.7 Å². The molecule has 0 saturated carbocycles. The lowest BCUT2D eigenvalue weighted by Crippen LogP contribution is -2.47. The smallest absolute Gasteiger partial charge is 0.0507 e. The highest BCUT2D eigenvalue weighted by atomic mass is 16.5. The number of hydrogen-bond donors (Lipinski definition) is 0. The Hall–Kier alpha value is -1.06. The summed E-state index contributed by atoms with van der Waals surface area (Å²) in [7, 11) is 2.29. The van der Waals surface area contributed by atoms with Crippen molar-refractivity contribution in [2.45, 2.75) is 25.3 Å². The molecule has 0 amide bonds. The summed E-state index contributed by atoms with van der Waals surface area (Å²) < 4.78 is 5.50. The monoisotopic (exact) mass is 274 g/mol. The van der Waals surface area contributed by atoms with Gasteiger partial charge in [-0.25, -0.2) is 0 Å². The Morgan fingerprint density at radius 3 is 2.85 bits per heavy atom. The highest BCUT2D eigenvalue weighted by molar-refractivity contribution is 5.46. The van der Waals surface area contributed by atoms with Crippen LogP contribution in [0.4, 0.5) is 5.69 Å². The number of ether oxygens (including phenoxy) is 1. The van der Waals surface area contributed by atoms with Crippen LogP contribution in [0.25, 0.3) is 0 Å². The number of piperidine rings is 1. The lowest BCUT2D eigenvalue weighted by Gasteiger charge is -2.39. The van der Waals surface area contributed by atoms with E-state index in [4.69, 9.17) is 4.74 Å². The second-order valence-electron chi connectivity index (χ2n) is 6.25. The molecule has 0 bridgehead atoms. The Balaban J connectivity index is 1.57. The largest absolute Gasteiger partial charge is 0.381 e. The van der Waals surface area contributed by atoms with Gasteiger partial charge in [-0.15, -0.1) is 0 Å². The first-order chi connectivity index (χ1) is 9.83. The summed E-state index contributed by atoms with van der Waals surface area (Å²) in [4.78, 5) is 5.10. The van der Waals surface area contributed by atoms with Crippen LogP contribution in [-0.2, 0) is 4.74 Å². The average molecular weight is 274 g/mol. The van der Waals surface area contributed by atoms with Gasteiger partial charge < -0.3 is 14.5 Å². The van der Waals surface area contributed by atoms with Crippen LogP contribution >= 0.6 is 0 Å². The molecule has 0 aliphatic carbocycles. The van der Waals surface area contributed by atoms with E-state index in [9.17, 15) is 0 Å². The van der Waals surface area contributed by atoms with E-state index in [0.29, 0.717) is 6.04 Å². The molecule has 110 valence electrons. The van der Waals surface area contributed by atoms with Crippen LogP contribution in [0.1, 0.15) is 19.3 Å². The van der Waals surface area contributed by atoms with Gasteiger partial charge in [0.05, 0.1) is 6.61 Å². The first-order valence-electron chi connectivity index (χ1n) is 7.91. The van der Waals surface area contributed by atoms with Crippen LogP contribution in [0.3, 0.4) is 0 Å². The van der Waals surface area contributed by atoms with Crippen molar-refractivity contribution in [3.05, 3.63) is 30.3 Å². The minimum atomic E-state index is 0.685. The molecule has 1 aromatic carbocycles. The summed E-state index contributed by atoms with van der Waals surface area (Å²) in [6, 6.07) is 11.5. The average Bonchev–Trinajstić information content (AvgIpc) is 3.01. The number of anilines is 1. The standard InChI is InChI=1S/C17H26N2O/c1-18(12-15-9-11-20-14-15)17-8-5-10-19(13-17)16-6-3-2-4-7-16/h2-4,6-7,15,17H,5,8-14H2,1H3/t15-,17+/m1/s1. The van der Waals surface area contributed by atoms with Crippen LogP contribution < -0.4 is 4.90 Å². The van der Waals surface area contributed by atoms with E-state index in [-0.39, 0.29) is 0 Å². The summed E-state index contributed by atoms with van der Waals surface area (Å²) in [5, 5.41) is 0. The van der Waals surface area contributed by atoms with Crippen LogP contribution in [0, 0.1) is 5.92 Å². The summed E-state index contributed by atoms with van der Waals surface area (Å²) in [6.07, 6.45) is 3.86. The fourth-order valence-corrected chi connectivity index (χ4v) is 3.47. The Labute approximate surface area is 122 Å². The van der Waals surface area contributed by atoms with Crippen LogP contribution in [0.15, 0.2) is 30.3 Å². The third kappa shape index (κ3) is 3.33. The molecule has 2 saturated heterocycles. The van der Waals surface area contributed by atoms with Gasteiger partial charge >= 0.3 is 0 Å². The molecular weight excluding hydrogens is 248 g/mol. The predicted octanol–water partition coefficient (Wildman–Crippen LogP) is 2.62. The summed E-state index contributed by atoms with van der Waals surface area (Å²) >= 11 is 0. The highest BCUT2D eigenvalue weighted by Crippen LogP contribution is 2.23. The van der Waals surface area contributed by atoms with Crippen molar-refractivity contribution in [2.24, 2.45) is 5.92 Å². The zero-order chi connectivity index (χ0) is 13.8. The molecule has 0 aromatic heterocycles. The van der Waals surface area contributed by atoms with Crippen molar-refractivity contribution in [2.75, 3.05) is 44.8 Å². The van der Waals surface area contributed by atoms with Gasteiger partial charge in [0.15, 0.2) is 0 Å². The van der Waals surface area contributed by atoms with Crippen molar-refractivity contribution in [3.8, 4) is 0 Å². The number of likely N-dealkylation sites (N-methyl/N-ethyl adjacent to an activating group) is 1.